The number of rotatable bonds is 2. The first kappa shape index (κ1) is 15.7. The van der Waals surface area contributed by atoms with E-state index in [9.17, 15) is 4.79 Å². The van der Waals surface area contributed by atoms with Crippen LogP contribution in [0.15, 0.2) is 48.8 Å². The van der Waals surface area contributed by atoms with Crippen molar-refractivity contribution < 1.29 is 9.53 Å². The molecule has 0 aliphatic carbocycles. The van der Waals surface area contributed by atoms with Crippen LogP contribution in [0.3, 0.4) is 0 Å². The maximum Gasteiger partial charge on any atom is 0.254 e. The highest BCUT2D eigenvalue weighted by atomic mass is 16.5. The van der Waals surface area contributed by atoms with Crippen LogP contribution in [-0.2, 0) is 4.74 Å². The van der Waals surface area contributed by atoms with E-state index in [0.717, 1.165) is 16.6 Å². The number of carbonyl (C=O) groups is 1. The highest BCUT2D eigenvalue weighted by Crippen LogP contribution is 2.22. The molecule has 4 rings (SSSR count). The number of aryl methyl sites for hydroxylation is 1. The lowest BCUT2D eigenvalue weighted by Crippen LogP contribution is -2.42. The molecule has 0 spiro atoms. The van der Waals surface area contributed by atoms with Gasteiger partial charge in [-0.1, -0.05) is 6.07 Å². The average molecular weight is 334 g/mol. The number of morpholine rings is 1. The van der Waals surface area contributed by atoms with E-state index in [1.54, 1.807) is 17.3 Å². The van der Waals surface area contributed by atoms with Crippen molar-refractivity contribution in [2.75, 3.05) is 19.7 Å². The van der Waals surface area contributed by atoms with Crippen LogP contribution >= 0.6 is 0 Å². The zero-order valence-corrected chi connectivity index (χ0v) is 13.9. The Kier molecular flexibility index (Phi) is 4.11. The smallest absolute Gasteiger partial charge is 0.254 e. The van der Waals surface area contributed by atoms with Gasteiger partial charge in [-0.3, -0.25) is 9.78 Å². The molecule has 0 bridgehead atoms. The fraction of sp³-hybridized carbons (Fsp3) is 0.263. The second kappa shape index (κ2) is 6.57. The van der Waals surface area contributed by atoms with Gasteiger partial charge in [-0.2, -0.15) is 0 Å². The van der Waals surface area contributed by atoms with E-state index in [0.29, 0.717) is 31.1 Å². The summed E-state index contributed by atoms with van der Waals surface area (Å²) in [5.41, 5.74) is 2.43. The van der Waals surface area contributed by atoms with Gasteiger partial charge in [0, 0.05) is 35.6 Å². The first-order chi connectivity index (χ1) is 12.2. The van der Waals surface area contributed by atoms with Crippen molar-refractivity contribution in [2.45, 2.75) is 13.0 Å². The minimum Gasteiger partial charge on any atom is -0.367 e. The van der Waals surface area contributed by atoms with Crippen molar-refractivity contribution in [2.24, 2.45) is 0 Å². The zero-order valence-electron chi connectivity index (χ0n) is 13.9. The number of pyridine rings is 1. The Morgan fingerprint density at radius 3 is 3.00 bits per heavy atom. The van der Waals surface area contributed by atoms with E-state index in [4.69, 9.17) is 4.74 Å². The molecule has 1 aliphatic rings. The quantitative estimate of drug-likeness (QED) is 0.720. The number of fused-ring (bicyclic) bond motifs is 1. The molecule has 1 saturated heterocycles. The minimum atomic E-state index is -0.292. The van der Waals surface area contributed by atoms with Crippen LogP contribution < -0.4 is 0 Å². The Labute approximate surface area is 145 Å². The lowest BCUT2D eigenvalue weighted by atomic mass is 10.1. The molecule has 1 fully saturated rings. The van der Waals surface area contributed by atoms with Crippen LogP contribution in [0.1, 0.15) is 28.0 Å². The molecule has 1 atom stereocenters. The van der Waals surface area contributed by atoms with Gasteiger partial charge in [0.2, 0.25) is 0 Å². The van der Waals surface area contributed by atoms with Crippen LogP contribution in [0.4, 0.5) is 0 Å². The van der Waals surface area contributed by atoms with E-state index < -0.39 is 0 Å². The monoisotopic (exact) mass is 334 g/mol. The summed E-state index contributed by atoms with van der Waals surface area (Å²) in [6.45, 7) is 3.41. The van der Waals surface area contributed by atoms with E-state index in [1.165, 1.54) is 0 Å². The molecule has 6 nitrogen and oxygen atoms in total. The molecule has 2 aromatic heterocycles. The number of hydrogen-bond donors (Lipinski definition) is 0. The summed E-state index contributed by atoms with van der Waals surface area (Å²) >= 11 is 0. The fourth-order valence-electron chi connectivity index (χ4n) is 3.00. The van der Waals surface area contributed by atoms with Crippen LogP contribution in [0.2, 0.25) is 0 Å². The summed E-state index contributed by atoms with van der Waals surface area (Å²) in [6, 6.07) is 11.3. The van der Waals surface area contributed by atoms with Crippen molar-refractivity contribution in [3.8, 4) is 0 Å². The standard InChI is InChI=1S/C19H18N4O2/c1-13-6-8-21-18(22-13)17-12-23(9-10-25-17)19(24)15-4-5-16-14(11-15)3-2-7-20-16/h2-8,11,17H,9-10,12H2,1H3/t17-/m0/s1. The third-order valence-electron chi connectivity index (χ3n) is 4.31. The third-order valence-corrected chi connectivity index (χ3v) is 4.31. The molecular weight excluding hydrogens is 316 g/mol. The summed E-state index contributed by atoms with van der Waals surface area (Å²) in [6.07, 6.45) is 3.18. The normalized spacial score (nSPS) is 17.6. The van der Waals surface area contributed by atoms with Gasteiger partial charge in [0.05, 0.1) is 18.7 Å². The van der Waals surface area contributed by atoms with Gasteiger partial charge < -0.3 is 9.64 Å². The summed E-state index contributed by atoms with van der Waals surface area (Å²) in [5.74, 6) is 0.618. The lowest BCUT2D eigenvalue weighted by molar-refractivity contribution is -0.0268. The predicted molar refractivity (Wildman–Crippen MR) is 93.1 cm³/mol. The highest BCUT2D eigenvalue weighted by molar-refractivity contribution is 5.98. The third kappa shape index (κ3) is 3.21. The molecule has 1 aromatic carbocycles. The Morgan fingerprint density at radius 2 is 2.12 bits per heavy atom. The molecule has 126 valence electrons. The largest absolute Gasteiger partial charge is 0.367 e. The molecule has 0 radical (unpaired) electrons. The number of nitrogens with zero attached hydrogens (tertiary/aromatic N) is 4. The van der Waals surface area contributed by atoms with E-state index in [2.05, 4.69) is 15.0 Å². The number of amides is 1. The van der Waals surface area contributed by atoms with E-state index >= 15 is 0 Å². The molecular formula is C19H18N4O2. The van der Waals surface area contributed by atoms with Crippen LogP contribution in [0.25, 0.3) is 10.9 Å². The molecule has 6 heteroatoms. The van der Waals surface area contributed by atoms with Gasteiger partial charge in [0.1, 0.15) is 6.10 Å². The SMILES string of the molecule is Cc1ccnc([C@@H]2CN(C(=O)c3ccc4ncccc4c3)CCO2)n1. The van der Waals surface area contributed by atoms with E-state index in [1.807, 2.05) is 43.3 Å². The van der Waals surface area contributed by atoms with Crippen LogP contribution in [-0.4, -0.2) is 45.5 Å². The van der Waals surface area contributed by atoms with Crippen LogP contribution in [0.5, 0.6) is 0 Å². The summed E-state index contributed by atoms with van der Waals surface area (Å²) < 4.78 is 5.78. The second-order valence-corrected chi connectivity index (χ2v) is 6.08. The van der Waals surface area contributed by atoms with Crippen molar-refractivity contribution in [3.05, 3.63) is 65.9 Å². The molecule has 1 aliphatic heterocycles. The number of hydrogen-bond acceptors (Lipinski definition) is 5. The number of ether oxygens (including phenoxy) is 1. The van der Waals surface area contributed by atoms with Crippen molar-refractivity contribution in [1.82, 2.24) is 19.9 Å². The van der Waals surface area contributed by atoms with E-state index in [-0.39, 0.29) is 12.0 Å². The van der Waals surface area contributed by atoms with Crippen LogP contribution in [0, 0.1) is 6.92 Å². The molecule has 3 aromatic rings. The number of carbonyl (C=O) groups excluding carboxylic acids is 1. The van der Waals surface area contributed by atoms with Gasteiger partial charge in [0.15, 0.2) is 5.82 Å². The molecule has 0 unspecified atom stereocenters. The number of aromatic nitrogens is 3. The average Bonchev–Trinajstić information content (AvgIpc) is 2.67. The first-order valence-electron chi connectivity index (χ1n) is 8.26. The lowest BCUT2D eigenvalue weighted by Gasteiger charge is -2.32. The number of benzene rings is 1. The maximum absolute atomic E-state index is 12.9. The first-order valence-corrected chi connectivity index (χ1v) is 8.26. The second-order valence-electron chi connectivity index (χ2n) is 6.08. The molecule has 3 heterocycles. The predicted octanol–water partition coefficient (Wildman–Crippen LogP) is 2.55. The minimum absolute atomic E-state index is 0.00768. The van der Waals surface area contributed by atoms with Gasteiger partial charge in [0.25, 0.3) is 5.91 Å². The zero-order chi connectivity index (χ0) is 17.2. The Balaban J connectivity index is 1.56. The topological polar surface area (TPSA) is 68.2 Å². The summed E-state index contributed by atoms with van der Waals surface area (Å²) in [7, 11) is 0. The Bertz CT molecular complexity index is 928. The Morgan fingerprint density at radius 1 is 1.20 bits per heavy atom. The van der Waals surface area contributed by atoms with Crippen molar-refractivity contribution >= 4 is 16.8 Å². The maximum atomic E-state index is 12.9. The fourth-order valence-corrected chi connectivity index (χ4v) is 3.00. The molecule has 0 saturated carbocycles. The molecule has 1 amide bonds. The highest BCUT2D eigenvalue weighted by Gasteiger charge is 2.28. The van der Waals surface area contributed by atoms with Gasteiger partial charge >= 0.3 is 0 Å². The van der Waals surface area contributed by atoms with Gasteiger partial charge in [-0.15, -0.1) is 0 Å². The summed E-state index contributed by atoms with van der Waals surface area (Å²) in [5, 5.41) is 0.958. The van der Waals surface area contributed by atoms with Crippen molar-refractivity contribution in [3.63, 3.8) is 0 Å². The molecule has 25 heavy (non-hydrogen) atoms. The Hall–Kier alpha value is -2.86. The van der Waals surface area contributed by atoms with Gasteiger partial charge in [-0.25, -0.2) is 9.97 Å². The van der Waals surface area contributed by atoms with Gasteiger partial charge in [-0.05, 0) is 37.3 Å². The van der Waals surface area contributed by atoms with Crippen molar-refractivity contribution in [1.29, 1.82) is 0 Å². The molecule has 0 N–H and O–H groups in total. The summed E-state index contributed by atoms with van der Waals surface area (Å²) in [4.78, 5) is 27.7.